The fourth-order valence-corrected chi connectivity index (χ4v) is 3.32. The van der Waals surface area contributed by atoms with Crippen LogP contribution in [0.25, 0.3) is 0 Å². The van der Waals surface area contributed by atoms with Crippen molar-refractivity contribution in [3.8, 4) is 0 Å². The van der Waals surface area contributed by atoms with Gasteiger partial charge in [-0.05, 0) is 25.2 Å². The molecule has 18 heavy (non-hydrogen) atoms. The zero-order chi connectivity index (χ0) is 12.8. The van der Waals surface area contributed by atoms with E-state index in [4.69, 9.17) is 4.74 Å². The quantitative estimate of drug-likeness (QED) is 0.643. The Bertz CT molecular complexity index is 262. The maximum absolute atomic E-state index is 12.1. The van der Waals surface area contributed by atoms with Crippen LogP contribution in [0.2, 0.25) is 0 Å². The van der Waals surface area contributed by atoms with Crippen LogP contribution in [0.4, 0.5) is 0 Å². The zero-order valence-corrected chi connectivity index (χ0v) is 11.8. The van der Waals surface area contributed by atoms with Crippen LogP contribution in [0, 0.1) is 5.92 Å². The van der Waals surface area contributed by atoms with E-state index in [0.717, 1.165) is 25.7 Å². The lowest BCUT2D eigenvalue weighted by Crippen LogP contribution is -2.21. The molecule has 2 heteroatoms. The van der Waals surface area contributed by atoms with Gasteiger partial charge in [0.15, 0.2) is 5.78 Å². The minimum Gasteiger partial charge on any atom is -0.367 e. The van der Waals surface area contributed by atoms with E-state index in [9.17, 15) is 4.79 Å². The van der Waals surface area contributed by atoms with Crippen LogP contribution < -0.4 is 0 Å². The smallest absolute Gasteiger partial charge is 0.161 e. The van der Waals surface area contributed by atoms with Gasteiger partial charge in [-0.25, -0.2) is 0 Å². The Morgan fingerprint density at radius 1 is 0.944 bits per heavy atom. The van der Waals surface area contributed by atoms with E-state index in [1.165, 1.54) is 44.9 Å². The Morgan fingerprint density at radius 2 is 1.56 bits per heavy atom. The number of carbonyl (C=O) groups is 1. The van der Waals surface area contributed by atoms with Crippen molar-refractivity contribution in [1.82, 2.24) is 0 Å². The molecule has 0 aromatic heterocycles. The van der Waals surface area contributed by atoms with Crippen molar-refractivity contribution in [3.05, 3.63) is 0 Å². The molecule has 0 aliphatic carbocycles. The van der Waals surface area contributed by atoms with Gasteiger partial charge in [0, 0.05) is 6.42 Å². The van der Waals surface area contributed by atoms with Crippen molar-refractivity contribution in [2.45, 2.75) is 89.8 Å². The lowest BCUT2D eigenvalue weighted by Gasteiger charge is -2.15. The topological polar surface area (TPSA) is 26.3 Å². The first-order valence-electron chi connectivity index (χ1n) is 7.95. The average molecular weight is 252 g/mol. The molecule has 2 aliphatic heterocycles. The van der Waals surface area contributed by atoms with Crippen molar-refractivity contribution in [2.75, 3.05) is 0 Å². The molecule has 3 atom stereocenters. The van der Waals surface area contributed by atoms with Crippen LogP contribution in [-0.2, 0) is 9.53 Å². The van der Waals surface area contributed by atoms with Crippen molar-refractivity contribution in [3.63, 3.8) is 0 Å². The highest BCUT2D eigenvalue weighted by Crippen LogP contribution is 2.31. The number of hydrogen-bond acceptors (Lipinski definition) is 2. The number of fused-ring (bicyclic) bond motifs is 2. The molecule has 2 fully saturated rings. The SMILES string of the molecule is CC1CC2OC1CCCCCCCCCCC2=O. The second-order valence-corrected chi connectivity index (χ2v) is 6.21. The first-order valence-corrected chi connectivity index (χ1v) is 7.95. The molecule has 0 saturated carbocycles. The third kappa shape index (κ3) is 4.08. The van der Waals surface area contributed by atoms with Gasteiger partial charge < -0.3 is 4.74 Å². The Hall–Kier alpha value is -0.370. The monoisotopic (exact) mass is 252 g/mol. The molecule has 2 saturated heterocycles. The Morgan fingerprint density at radius 3 is 2.28 bits per heavy atom. The van der Waals surface area contributed by atoms with E-state index >= 15 is 0 Å². The van der Waals surface area contributed by atoms with Crippen LogP contribution in [0.15, 0.2) is 0 Å². The largest absolute Gasteiger partial charge is 0.367 e. The predicted octanol–water partition coefficient (Wildman–Crippen LogP) is 4.26. The second kappa shape index (κ2) is 7.28. The fraction of sp³-hybridized carbons (Fsp3) is 0.938. The number of carbonyl (C=O) groups excluding carboxylic acids is 1. The standard InChI is InChI=1S/C16H28O2/c1-13-12-16-14(17)10-8-6-4-2-3-5-7-9-11-15(13)18-16/h13,15-16H,2-12H2,1H3. The van der Waals surface area contributed by atoms with Gasteiger partial charge in [0.05, 0.1) is 6.10 Å². The molecule has 0 spiro atoms. The number of ketones is 1. The van der Waals surface area contributed by atoms with Gasteiger partial charge >= 0.3 is 0 Å². The van der Waals surface area contributed by atoms with Gasteiger partial charge in [0.1, 0.15) is 6.10 Å². The molecule has 2 heterocycles. The molecule has 0 N–H and O–H groups in total. The first kappa shape index (κ1) is 14.0. The zero-order valence-electron chi connectivity index (χ0n) is 11.8. The third-order valence-electron chi connectivity index (χ3n) is 4.58. The lowest BCUT2D eigenvalue weighted by atomic mass is 9.95. The molecule has 3 unspecified atom stereocenters. The summed E-state index contributed by atoms with van der Waals surface area (Å²) in [5, 5.41) is 0. The van der Waals surface area contributed by atoms with Crippen LogP contribution in [0.5, 0.6) is 0 Å². The van der Waals surface area contributed by atoms with E-state index in [1.807, 2.05) is 0 Å². The minimum atomic E-state index is -0.0760. The molecule has 2 bridgehead atoms. The summed E-state index contributed by atoms with van der Waals surface area (Å²) in [4.78, 5) is 12.1. The minimum absolute atomic E-state index is 0.0760. The summed E-state index contributed by atoms with van der Waals surface area (Å²) in [7, 11) is 0. The normalized spacial score (nSPS) is 36.3. The van der Waals surface area contributed by atoms with Gasteiger partial charge in [-0.2, -0.15) is 0 Å². The summed E-state index contributed by atoms with van der Waals surface area (Å²) in [5.74, 6) is 0.936. The van der Waals surface area contributed by atoms with E-state index in [-0.39, 0.29) is 6.10 Å². The van der Waals surface area contributed by atoms with E-state index in [1.54, 1.807) is 0 Å². The summed E-state index contributed by atoms with van der Waals surface area (Å²) in [6, 6.07) is 0. The van der Waals surface area contributed by atoms with Gasteiger partial charge in [-0.1, -0.05) is 51.9 Å². The second-order valence-electron chi connectivity index (χ2n) is 6.21. The number of rotatable bonds is 0. The number of hydrogen-bond donors (Lipinski definition) is 0. The van der Waals surface area contributed by atoms with Crippen LogP contribution in [0.3, 0.4) is 0 Å². The predicted molar refractivity (Wildman–Crippen MR) is 73.6 cm³/mol. The molecule has 104 valence electrons. The third-order valence-corrected chi connectivity index (χ3v) is 4.58. The van der Waals surface area contributed by atoms with Gasteiger partial charge in [0.25, 0.3) is 0 Å². The van der Waals surface area contributed by atoms with Gasteiger partial charge in [0.2, 0.25) is 0 Å². The van der Waals surface area contributed by atoms with E-state index in [2.05, 4.69) is 6.92 Å². The Labute approximate surface area is 111 Å². The molecule has 2 nitrogen and oxygen atoms in total. The van der Waals surface area contributed by atoms with Crippen LogP contribution in [-0.4, -0.2) is 18.0 Å². The summed E-state index contributed by atoms with van der Waals surface area (Å²) in [6.07, 6.45) is 13.4. The number of Topliss-reactive ketones (excluding diaryl/α,β-unsaturated/α-hetero) is 1. The molecule has 0 aromatic carbocycles. The molecule has 2 aliphatic rings. The summed E-state index contributed by atoms with van der Waals surface area (Å²) in [5.41, 5.74) is 0. The molecule has 2 rings (SSSR count). The molecule has 0 aromatic rings. The highest BCUT2D eigenvalue weighted by Gasteiger charge is 2.35. The Balaban J connectivity index is 1.86. The maximum Gasteiger partial charge on any atom is 0.161 e. The van der Waals surface area contributed by atoms with Crippen LogP contribution in [0.1, 0.15) is 77.6 Å². The maximum atomic E-state index is 12.1. The fourth-order valence-electron chi connectivity index (χ4n) is 3.32. The number of ether oxygens (including phenoxy) is 1. The van der Waals surface area contributed by atoms with Crippen molar-refractivity contribution in [2.24, 2.45) is 5.92 Å². The van der Waals surface area contributed by atoms with Gasteiger partial charge in [-0.15, -0.1) is 0 Å². The Kier molecular flexibility index (Phi) is 5.68. The average Bonchev–Trinajstić information content (AvgIpc) is 2.72. The summed E-state index contributed by atoms with van der Waals surface area (Å²) < 4.78 is 5.98. The highest BCUT2D eigenvalue weighted by molar-refractivity contribution is 5.83. The first-order chi connectivity index (χ1) is 8.77. The highest BCUT2D eigenvalue weighted by atomic mass is 16.5. The summed E-state index contributed by atoms with van der Waals surface area (Å²) >= 11 is 0. The van der Waals surface area contributed by atoms with Crippen molar-refractivity contribution < 1.29 is 9.53 Å². The molecular weight excluding hydrogens is 224 g/mol. The summed E-state index contributed by atoms with van der Waals surface area (Å²) in [6.45, 7) is 2.25. The van der Waals surface area contributed by atoms with Crippen molar-refractivity contribution in [1.29, 1.82) is 0 Å². The lowest BCUT2D eigenvalue weighted by molar-refractivity contribution is -0.130. The van der Waals surface area contributed by atoms with Crippen molar-refractivity contribution >= 4 is 5.78 Å². The van der Waals surface area contributed by atoms with Gasteiger partial charge in [-0.3, -0.25) is 4.79 Å². The van der Waals surface area contributed by atoms with E-state index < -0.39 is 0 Å². The molecule has 0 amide bonds. The van der Waals surface area contributed by atoms with E-state index in [0.29, 0.717) is 17.8 Å². The molecule has 0 radical (unpaired) electrons. The molecular formula is C16H28O2. The van der Waals surface area contributed by atoms with Crippen LogP contribution >= 0.6 is 0 Å².